The van der Waals surface area contributed by atoms with Gasteiger partial charge in [-0.25, -0.2) is 13.8 Å². The molecule has 1 spiro atoms. The predicted molar refractivity (Wildman–Crippen MR) is 140 cm³/mol. The number of hydrogen-bond donors (Lipinski definition) is 2. The highest BCUT2D eigenvalue weighted by Crippen LogP contribution is 2.57. The molecule has 2 aromatic carbocycles. The van der Waals surface area contributed by atoms with Crippen molar-refractivity contribution in [3.8, 4) is 29.4 Å². The van der Waals surface area contributed by atoms with Crippen LogP contribution in [-0.4, -0.2) is 40.2 Å². The molecule has 0 amide bonds. The lowest BCUT2D eigenvalue weighted by Crippen LogP contribution is -2.51. The Labute approximate surface area is 217 Å². The molecule has 1 saturated carbocycles. The van der Waals surface area contributed by atoms with Gasteiger partial charge in [-0.15, -0.1) is 6.42 Å². The first kappa shape index (κ1) is 22.2. The molecule has 4 aliphatic rings. The minimum atomic E-state index is -0.584. The van der Waals surface area contributed by atoms with Crippen LogP contribution in [0, 0.1) is 24.0 Å². The largest absolute Gasteiger partial charge is 0.508 e. The normalized spacial score (nSPS) is 22.8. The number of benzene rings is 2. The molecule has 2 N–H and O–H groups in total. The molecule has 3 aliphatic heterocycles. The molecule has 3 fully saturated rings. The van der Waals surface area contributed by atoms with Gasteiger partial charge in [-0.2, -0.15) is 0 Å². The second-order valence-corrected chi connectivity index (χ2v) is 11.0. The summed E-state index contributed by atoms with van der Waals surface area (Å²) >= 11 is 0. The summed E-state index contributed by atoms with van der Waals surface area (Å²) in [5.74, 6) is 1.94. The summed E-state index contributed by atoms with van der Waals surface area (Å²) in [6, 6.07) is 6.45. The first-order chi connectivity index (χ1) is 18.5. The van der Waals surface area contributed by atoms with Crippen molar-refractivity contribution < 1.29 is 18.6 Å². The second kappa shape index (κ2) is 7.62. The predicted octanol–water partition coefficient (Wildman–Crippen LogP) is 4.88. The molecule has 4 aromatic rings. The van der Waals surface area contributed by atoms with Crippen LogP contribution in [0.2, 0.25) is 0 Å². The Hall–Kier alpha value is -3.80. The highest BCUT2D eigenvalue weighted by molar-refractivity contribution is 6.04. The van der Waals surface area contributed by atoms with Crippen molar-refractivity contribution in [3.05, 3.63) is 58.9 Å². The van der Waals surface area contributed by atoms with Gasteiger partial charge in [0.1, 0.15) is 23.1 Å². The van der Waals surface area contributed by atoms with Crippen molar-refractivity contribution in [1.82, 2.24) is 15.3 Å². The number of pyridine rings is 2. The van der Waals surface area contributed by atoms with E-state index in [-0.39, 0.29) is 22.6 Å². The molecule has 2 unspecified atom stereocenters. The summed E-state index contributed by atoms with van der Waals surface area (Å²) in [6.45, 7) is 1.94. The maximum absolute atomic E-state index is 16.9. The van der Waals surface area contributed by atoms with Crippen molar-refractivity contribution >= 4 is 27.4 Å². The highest BCUT2D eigenvalue weighted by Gasteiger charge is 2.53. The van der Waals surface area contributed by atoms with Crippen molar-refractivity contribution in [2.75, 3.05) is 18.0 Å². The Morgan fingerprint density at radius 2 is 1.92 bits per heavy atom. The van der Waals surface area contributed by atoms with E-state index in [4.69, 9.17) is 16.1 Å². The van der Waals surface area contributed by atoms with Gasteiger partial charge in [0.25, 0.3) is 0 Å². The van der Waals surface area contributed by atoms with Crippen molar-refractivity contribution in [1.29, 1.82) is 0 Å². The third-order valence-electron chi connectivity index (χ3n) is 8.65. The fourth-order valence-corrected chi connectivity index (χ4v) is 6.82. The molecule has 0 radical (unpaired) electrons. The Balaban J connectivity index is 1.42. The van der Waals surface area contributed by atoms with Crippen molar-refractivity contribution in [2.24, 2.45) is 0 Å². The van der Waals surface area contributed by atoms with Crippen LogP contribution in [0.4, 0.5) is 14.6 Å². The van der Waals surface area contributed by atoms with Crippen molar-refractivity contribution in [3.63, 3.8) is 0 Å². The zero-order chi connectivity index (χ0) is 25.8. The lowest BCUT2D eigenvalue weighted by Gasteiger charge is -2.34. The van der Waals surface area contributed by atoms with E-state index in [0.717, 1.165) is 55.8 Å². The number of ether oxygens (including phenoxy) is 1. The maximum atomic E-state index is 16.9. The summed E-state index contributed by atoms with van der Waals surface area (Å²) in [5.41, 5.74) is 1.33. The summed E-state index contributed by atoms with van der Waals surface area (Å²) < 4.78 is 37.8. The van der Waals surface area contributed by atoms with Crippen LogP contribution in [0.3, 0.4) is 0 Å². The molecule has 1 aliphatic carbocycles. The molecule has 2 atom stereocenters. The van der Waals surface area contributed by atoms with E-state index in [0.29, 0.717) is 40.2 Å². The summed E-state index contributed by atoms with van der Waals surface area (Å²) in [5, 5.41) is 16.1. The topological polar surface area (TPSA) is 70.5 Å². The molecule has 2 aromatic heterocycles. The van der Waals surface area contributed by atoms with Crippen LogP contribution in [-0.2, 0) is 16.9 Å². The van der Waals surface area contributed by atoms with Gasteiger partial charge >= 0.3 is 0 Å². The van der Waals surface area contributed by atoms with E-state index in [1.54, 1.807) is 6.20 Å². The third kappa shape index (κ3) is 3.00. The van der Waals surface area contributed by atoms with Crippen LogP contribution >= 0.6 is 0 Å². The van der Waals surface area contributed by atoms with Crippen LogP contribution in [0.1, 0.15) is 42.5 Å². The molecule has 190 valence electrons. The first-order valence-electron chi connectivity index (χ1n) is 13.0. The zero-order valence-corrected chi connectivity index (χ0v) is 20.5. The Morgan fingerprint density at radius 1 is 1.13 bits per heavy atom. The van der Waals surface area contributed by atoms with Gasteiger partial charge in [0.2, 0.25) is 0 Å². The summed E-state index contributed by atoms with van der Waals surface area (Å²) in [4.78, 5) is 11.9. The Morgan fingerprint density at radius 3 is 2.66 bits per heavy atom. The SMILES string of the molecule is C#Cc1c(F)ccc2cc(O)cc(-c3ncc4c(N5CC6CCC(C5)N6)nc5c(c4c3F)C3(CC3)OC5)c12. The van der Waals surface area contributed by atoms with E-state index in [1.165, 1.54) is 24.3 Å². The van der Waals surface area contributed by atoms with E-state index in [1.807, 2.05) is 0 Å². The minimum Gasteiger partial charge on any atom is -0.508 e. The van der Waals surface area contributed by atoms with Crippen LogP contribution in [0.25, 0.3) is 32.8 Å². The molecular weight excluding hydrogens is 486 g/mol. The third-order valence-corrected chi connectivity index (χ3v) is 8.65. The van der Waals surface area contributed by atoms with Crippen LogP contribution < -0.4 is 10.2 Å². The highest BCUT2D eigenvalue weighted by atomic mass is 19.1. The standard InChI is InChI=1S/C30H24F2N4O2/c1-2-19-22(31)6-3-15-9-18(37)10-20(24(15)19)28-27(32)25-21(11-33-28)29(36-12-16-4-5-17(13-36)34-16)35-23-14-38-30(7-8-30)26(23)25/h1,3,6,9-11,16-17,34,37H,4-5,7-8,12-14H2. The van der Waals surface area contributed by atoms with E-state index >= 15 is 4.39 Å². The molecule has 6 nitrogen and oxygen atoms in total. The molecule has 38 heavy (non-hydrogen) atoms. The second-order valence-electron chi connectivity index (χ2n) is 11.0. The average molecular weight is 511 g/mol. The number of nitrogens with one attached hydrogen (secondary N) is 1. The van der Waals surface area contributed by atoms with Gasteiger partial charge < -0.3 is 20.1 Å². The number of terminal acetylenes is 1. The lowest BCUT2D eigenvalue weighted by molar-refractivity contribution is 0.0440. The van der Waals surface area contributed by atoms with E-state index in [2.05, 4.69) is 21.1 Å². The number of aromatic hydroxyl groups is 1. The molecule has 8 rings (SSSR count). The number of rotatable bonds is 2. The average Bonchev–Trinajstić information content (AvgIpc) is 3.50. The van der Waals surface area contributed by atoms with Gasteiger partial charge in [0.05, 0.1) is 23.5 Å². The number of anilines is 1. The number of piperazine rings is 1. The monoisotopic (exact) mass is 510 g/mol. The first-order valence-corrected chi connectivity index (χ1v) is 13.0. The molecular formula is C30H24F2N4O2. The van der Waals surface area contributed by atoms with Crippen LogP contribution in [0.5, 0.6) is 5.75 Å². The number of hydrogen-bond acceptors (Lipinski definition) is 6. The fraction of sp³-hybridized carbons (Fsp3) is 0.333. The van der Waals surface area contributed by atoms with Gasteiger partial charge in [-0.3, -0.25) is 4.98 Å². The number of phenolic OH excluding ortho intramolecular Hbond substituents is 1. The fourth-order valence-electron chi connectivity index (χ4n) is 6.82. The minimum absolute atomic E-state index is 0.0118. The van der Waals surface area contributed by atoms with Gasteiger partial charge in [-0.1, -0.05) is 12.0 Å². The van der Waals surface area contributed by atoms with E-state index < -0.39 is 17.2 Å². The van der Waals surface area contributed by atoms with Gasteiger partial charge in [0, 0.05) is 58.7 Å². The van der Waals surface area contributed by atoms with E-state index in [9.17, 15) is 9.50 Å². The van der Waals surface area contributed by atoms with Gasteiger partial charge in [0.15, 0.2) is 5.82 Å². The molecule has 8 heteroatoms. The zero-order valence-electron chi connectivity index (χ0n) is 20.5. The summed E-state index contributed by atoms with van der Waals surface area (Å²) in [7, 11) is 0. The van der Waals surface area contributed by atoms with Crippen molar-refractivity contribution in [2.45, 2.75) is 50.0 Å². The number of halogens is 2. The number of fused-ring (bicyclic) bond motifs is 7. The lowest BCUT2D eigenvalue weighted by atomic mass is 9.93. The maximum Gasteiger partial charge on any atom is 0.157 e. The number of phenols is 1. The van der Waals surface area contributed by atoms with Gasteiger partial charge in [-0.05, 0) is 49.3 Å². The Kier molecular flexibility index (Phi) is 4.45. The molecule has 5 heterocycles. The Bertz CT molecular complexity index is 1730. The number of nitrogens with zero attached hydrogens (tertiary/aromatic N) is 3. The smallest absolute Gasteiger partial charge is 0.157 e. The molecule has 2 saturated heterocycles. The summed E-state index contributed by atoms with van der Waals surface area (Å²) in [6.07, 6.45) is 11.2. The van der Waals surface area contributed by atoms with Crippen LogP contribution in [0.15, 0.2) is 30.5 Å². The quantitative estimate of drug-likeness (QED) is 0.375. The number of aromatic nitrogens is 2. The molecule has 2 bridgehead atoms.